The number of hydrogen-bond acceptors (Lipinski definition) is 3. The van der Waals surface area contributed by atoms with Crippen LogP contribution in [0.1, 0.15) is 37.6 Å². The number of rotatable bonds is 3. The van der Waals surface area contributed by atoms with Crippen molar-refractivity contribution in [2.45, 2.75) is 39.5 Å². The number of aromatic nitrogens is 1. The topological polar surface area (TPSA) is 52.0 Å². The fraction of sp³-hybridized carbons (Fsp3) is 0.438. The van der Waals surface area contributed by atoms with E-state index in [0.29, 0.717) is 6.54 Å². The molecule has 1 aromatic heterocycles. The van der Waals surface area contributed by atoms with Crippen molar-refractivity contribution >= 4 is 0 Å². The van der Waals surface area contributed by atoms with Crippen molar-refractivity contribution in [3.05, 3.63) is 41.1 Å². The maximum absolute atomic E-state index is 5.52. The van der Waals surface area contributed by atoms with E-state index in [2.05, 4.69) is 51.1 Å². The Bertz CT molecular complexity index is 564. The first-order valence-corrected chi connectivity index (χ1v) is 6.69. The molecule has 0 aliphatic rings. The van der Waals surface area contributed by atoms with Crippen molar-refractivity contribution in [1.29, 1.82) is 0 Å². The largest absolute Gasteiger partial charge is 0.356 e. The minimum absolute atomic E-state index is 0.162. The van der Waals surface area contributed by atoms with Crippen molar-refractivity contribution in [1.82, 2.24) is 5.16 Å². The Hall–Kier alpha value is -1.61. The second kappa shape index (κ2) is 5.17. The van der Waals surface area contributed by atoms with Crippen molar-refractivity contribution < 1.29 is 4.52 Å². The molecule has 102 valence electrons. The molecule has 0 unspecified atom stereocenters. The van der Waals surface area contributed by atoms with Gasteiger partial charge in [-0.15, -0.1) is 0 Å². The zero-order valence-electron chi connectivity index (χ0n) is 12.2. The Morgan fingerprint density at radius 3 is 2.53 bits per heavy atom. The molecule has 0 radical (unpaired) electrons. The molecule has 2 aromatic rings. The summed E-state index contributed by atoms with van der Waals surface area (Å²) >= 11 is 0. The first-order chi connectivity index (χ1) is 8.91. The summed E-state index contributed by atoms with van der Waals surface area (Å²) in [5.74, 6) is 0.821. The lowest BCUT2D eigenvalue weighted by Crippen LogP contribution is -2.11. The van der Waals surface area contributed by atoms with Gasteiger partial charge >= 0.3 is 0 Å². The molecule has 0 atom stereocenters. The first kappa shape index (κ1) is 13.8. The van der Waals surface area contributed by atoms with Gasteiger partial charge in [0.05, 0.1) is 5.69 Å². The lowest BCUT2D eigenvalue weighted by atomic mass is 9.85. The predicted molar refractivity (Wildman–Crippen MR) is 78.1 cm³/mol. The standard InChI is InChI=1S/C16H22N2O/c1-11-9-12(16(2,3)4)5-6-14(11)15-10-13(7-8-17)18-19-15/h5-6,9-10H,7-8,17H2,1-4H3. The molecule has 19 heavy (non-hydrogen) atoms. The summed E-state index contributed by atoms with van der Waals surface area (Å²) < 4.78 is 5.40. The molecule has 0 bridgehead atoms. The maximum atomic E-state index is 5.52. The van der Waals surface area contributed by atoms with Crippen molar-refractivity contribution in [3.63, 3.8) is 0 Å². The van der Waals surface area contributed by atoms with E-state index in [9.17, 15) is 0 Å². The normalized spacial score (nSPS) is 11.8. The van der Waals surface area contributed by atoms with Gasteiger partial charge in [-0.2, -0.15) is 0 Å². The minimum Gasteiger partial charge on any atom is -0.356 e. The molecule has 0 aliphatic carbocycles. The lowest BCUT2D eigenvalue weighted by Gasteiger charge is -2.20. The highest BCUT2D eigenvalue weighted by Gasteiger charge is 2.16. The summed E-state index contributed by atoms with van der Waals surface area (Å²) in [6, 6.07) is 8.47. The molecular weight excluding hydrogens is 236 g/mol. The average molecular weight is 258 g/mol. The Morgan fingerprint density at radius 2 is 1.95 bits per heavy atom. The summed E-state index contributed by atoms with van der Waals surface area (Å²) in [6.45, 7) is 9.35. The van der Waals surface area contributed by atoms with E-state index in [-0.39, 0.29) is 5.41 Å². The van der Waals surface area contributed by atoms with Crippen LogP contribution < -0.4 is 5.73 Å². The highest BCUT2D eigenvalue weighted by atomic mass is 16.5. The molecule has 1 heterocycles. The molecule has 1 aromatic carbocycles. The summed E-state index contributed by atoms with van der Waals surface area (Å²) in [5.41, 5.74) is 10.2. The van der Waals surface area contributed by atoms with Gasteiger partial charge in [-0.25, -0.2) is 0 Å². The van der Waals surface area contributed by atoms with E-state index < -0.39 is 0 Å². The van der Waals surface area contributed by atoms with E-state index in [1.807, 2.05) is 6.07 Å². The third kappa shape index (κ3) is 3.04. The molecular formula is C16H22N2O. The van der Waals surface area contributed by atoms with Crippen molar-refractivity contribution in [2.24, 2.45) is 5.73 Å². The number of hydrogen-bond donors (Lipinski definition) is 1. The number of nitrogens with zero attached hydrogens (tertiary/aromatic N) is 1. The summed E-state index contributed by atoms with van der Waals surface area (Å²) in [6.07, 6.45) is 0.753. The van der Waals surface area contributed by atoms with E-state index in [0.717, 1.165) is 23.4 Å². The van der Waals surface area contributed by atoms with Crippen LogP contribution in [0, 0.1) is 6.92 Å². The zero-order valence-corrected chi connectivity index (χ0v) is 12.2. The highest BCUT2D eigenvalue weighted by Crippen LogP contribution is 2.29. The van der Waals surface area contributed by atoms with E-state index in [1.54, 1.807) is 0 Å². The lowest BCUT2D eigenvalue weighted by molar-refractivity contribution is 0.423. The van der Waals surface area contributed by atoms with Crippen LogP contribution >= 0.6 is 0 Å². The Morgan fingerprint density at radius 1 is 1.21 bits per heavy atom. The smallest absolute Gasteiger partial charge is 0.167 e. The van der Waals surface area contributed by atoms with Crippen LogP contribution in [0.5, 0.6) is 0 Å². The summed E-state index contributed by atoms with van der Waals surface area (Å²) in [4.78, 5) is 0. The molecule has 0 spiro atoms. The average Bonchev–Trinajstić information content (AvgIpc) is 2.76. The SMILES string of the molecule is Cc1cc(C(C)(C)C)ccc1-c1cc(CCN)no1. The van der Waals surface area contributed by atoms with Crippen molar-refractivity contribution in [2.75, 3.05) is 6.54 Å². The van der Waals surface area contributed by atoms with Gasteiger partial charge in [0, 0.05) is 18.1 Å². The Kier molecular flexibility index (Phi) is 3.76. The Balaban J connectivity index is 2.35. The third-order valence-electron chi connectivity index (χ3n) is 3.32. The second-order valence-corrected chi connectivity index (χ2v) is 6.00. The minimum atomic E-state index is 0.162. The van der Waals surface area contributed by atoms with Crippen LogP contribution in [0.3, 0.4) is 0 Å². The molecule has 0 fully saturated rings. The first-order valence-electron chi connectivity index (χ1n) is 6.69. The molecule has 2 N–H and O–H groups in total. The molecule has 2 rings (SSSR count). The maximum Gasteiger partial charge on any atom is 0.167 e. The van der Waals surface area contributed by atoms with Gasteiger partial charge in [0.2, 0.25) is 0 Å². The van der Waals surface area contributed by atoms with Crippen LogP contribution in [0.15, 0.2) is 28.8 Å². The van der Waals surface area contributed by atoms with Crippen LogP contribution in [0.4, 0.5) is 0 Å². The van der Waals surface area contributed by atoms with Gasteiger partial charge in [-0.1, -0.05) is 44.1 Å². The van der Waals surface area contributed by atoms with Crippen molar-refractivity contribution in [3.8, 4) is 11.3 Å². The molecule has 3 nitrogen and oxygen atoms in total. The van der Waals surface area contributed by atoms with Crippen LogP contribution in [0.2, 0.25) is 0 Å². The number of aryl methyl sites for hydroxylation is 1. The highest BCUT2D eigenvalue weighted by molar-refractivity contribution is 5.63. The van der Waals surface area contributed by atoms with E-state index in [1.165, 1.54) is 11.1 Å². The van der Waals surface area contributed by atoms with Crippen LogP contribution in [0.25, 0.3) is 11.3 Å². The quantitative estimate of drug-likeness (QED) is 0.917. The summed E-state index contributed by atoms with van der Waals surface area (Å²) in [5, 5.41) is 4.04. The zero-order chi connectivity index (χ0) is 14.0. The number of nitrogens with two attached hydrogens (primary N) is 1. The molecule has 0 saturated carbocycles. The monoisotopic (exact) mass is 258 g/mol. The van der Waals surface area contributed by atoms with Gasteiger partial charge in [0.15, 0.2) is 5.76 Å². The van der Waals surface area contributed by atoms with Gasteiger partial charge in [0.25, 0.3) is 0 Å². The molecule has 0 saturated heterocycles. The van der Waals surface area contributed by atoms with Gasteiger partial charge in [-0.05, 0) is 30.0 Å². The van der Waals surface area contributed by atoms with Crippen LogP contribution in [-0.4, -0.2) is 11.7 Å². The second-order valence-electron chi connectivity index (χ2n) is 6.00. The van der Waals surface area contributed by atoms with Gasteiger partial charge < -0.3 is 10.3 Å². The third-order valence-corrected chi connectivity index (χ3v) is 3.32. The van der Waals surface area contributed by atoms with E-state index >= 15 is 0 Å². The molecule has 0 aliphatic heterocycles. The van der Waals surface area contributed by atoms with Crippen LogP contribution in [-0.2, 0) is 11.8 Å². The summed E-state index contributed by atoms with van der Waals surface area (Å²) in [7, 11) is 0. The van der Waals surface area contributed by atoms with E-state index in [4.69, 9.17) is 10.3 Å². The fourth-order valence-electron chi connectivity index (χ4n) is 2.11. The number of benzene rings is 1. The Labute approximate surface area is 114 Å². The van der Waals surface area contributed by atoms with Gasteiger partial charge in [0.1, 0.15) is 0 Å². The predicted octanol–water partition coefficient (Wildman–Crippen LogP) is 3.45. The fourth-order valence-corrected chi connectivity index (χ4v) is 2.11. The molecule has 3 heteroatoms. The van der Waals surface area contributed by atoms with Gasteiger partial charge in [-0.3, -0.25) is 0 Å². The molecule has 0 amide bonds.